The summed E-state index contributed by atoms with van der Waals surface area (Å²) in [6.45, 7) is 4.20. The summed E-state index contributed by atoms with van der Waals surface area (Å²) in [5.41, 5.74) is 0. The number of alkyl halides is 1. The predicted molar refractivity (Wildman–Crippen MR) is 37.5 cm³/mol. The van der Waals surface area contributed by atoms with Crippen molar-refractivity contribution < 1.29 is 4.79 Å². The monoisotopic (exact) mass is 146 g/mol. The minimum Gasteiger partial charge on any atom is -0.303 e. The summed E-state index contributed by atoms with van der Waals surface area (Å²) in [5.74, 6) is 1.15. The Bertz CT molecular complexity index is 122. The van der Waals surface area contributed by atoms with Gasteiger partial charge in [-0.2, -0.15) is 0 Å². The molecule has 0 aliphatic heterocycles. The summed E-state index contributed by atoms with van der Waals surface area (Å²) in [7, 11) is 0. The Labute approximate surface area is 60.4 Å². The molecular formula is C7H11ClO. The highest BCUT2D eigenvalue weighted by Crippen LogP contribution is 2.47. The maximum Gasteiger partial charge on any atom is 0.124 e. The summed E-state index contributed by atoms with van der Waals surface area (Å²) in [6.07, 6.45) is 0.975. The molecule has 1 rings (SSSR count). The molecule has 0 amide bonds. The maximum atomic E-state index is 10.2. The van der Waals surface area contributed by atoms with Gasteiger partial charge in [0.1, 0.15) is 6.29 Å². The zero-order valence-corrected chi connectivity index (χ0v) is 6.43. The minimum atomic E-state index is 0.127. The normalized spacial score (nSPS) is 41.1. The molecule has 0 radical (unpaired) electrons. The number of hydrogen-bond donors (Lipinski definition) is 0. The third-order valence-electron chi connectivity index (χ3n) is 1.97. The van der Waals surface area contributed by atoms with Crippen LogP contribution in [0.5, 0.6) is 0 Å². The number of hydrogen-bond acceptors (Lipinski definition) is 1. The quantitative estimate of drug-likeness (QED) is 0.428. The van der Waals surface area contributed by atoms with Crippen LogP contribution in [-0.2, 0) is 4.79 Å². The van der Waals surface area contributed by atoms with E-state index in [-0.39, 0.29) is 11.3 Å². The predicted octanol–water partition coefficient (Wildman–Crippen LogP) is 1.69. The molecule has 0 aromatic heterocycles. The smallest absolute Gasteiger partial charge is 0.124 e. The molecule has 3 atom stereocenters. The molecule has 0 saturated heterocycles. The first-order valence-electron chi connectivity index (χ1n) is 3.28. The number of aldehydes is 1. The van der Waals surface area contributed by atoms with Gasteiger partial charge < -0.3 is 4.79 Å². The third kappa shape index (κ3) is 1.11. The van der Waals surface area contributed by atoms with Crippen LogP contribution in [-0.4, -0.2) is 11.7 Å². The largest absolute Gasteiger partial charge is 0.303 e. The Balaban J connectivity index is 2.41. The first-order chi connectivity index (χ1) is 4.18. The Morgan fingerprint density at radius 1 is 1.56 bits per heavy atom. The average Bonchev–Trinajstić information content (AvgIpc) is 2.40. The Morgan fingerprint density at radius 3 is 2.22 bits per heavy atom. The second-order valence-corrected chi connectivity index (χ2v) is 3.48. The molecular weight excluding hydrogens is 136 g/mol. The summed E-state index contributed by atoms with van der Waals surface area (Å²) < 4.78 is 0. The molecule has 0 bridgehead atoms. The van der Waals surface area contributed by atoms with E-state index in [2.05, 4.69) is 13.8 Å². The molecule has 0 unspecified atom stereocenters. The molecule has 0 aromatic rings. The van der Waals surface area contributed by atoms with Crippen molar-refractivity contribution in [1.29, 1.82) is 0 Å². The second-order valence-electron chi connectivity index (χ2n) is 2.98. The van der Waals surface area contributed by atoms with Gasteiger partial charge in [-0.25, -0.2) is 0 Å². The lowest BCUT2D eigenvalue weighted by atomic mass is 10.1. The topological polar surface area (TPSA) is 17.1 Å². The van der Waals surface area contributed by atoms with Crippen LogP contribution in [0.2, 0.25) is 0 Å². The van der Waals surface area contributed by atoms with Crippen LogP contribution in [0.25, 0.3) is 0 Å². The molecule has 1 aliphatic rings. The van der Waals surface area contributed by atoms with Crippen LogP contribution in [0.1, 0.15) is 13.8 Å². The van der Waals surface area contributed by atoms with E-state index < -0.39 is 0 Å². The fourth-order valence-electron chi connectivity index (χ4n) is 1.30. The summed E-state index contributed by atoms with van der Waals surface area (Å²) in [4.78, 5) is 10.2. The SMILES string of the molecule is CC(C)[C@@H]1[C@H](Cl)[C@@H]1C=O. The number of rotatable bonds is 2. The highest BCUT2D eigenvalue weighted by molar-refractivity contribution is 6.24. The maximum absolute atomic E-state index is 10.2. The van der Waals surface area contributed by atoms with E-state index in [4.69, 9.17) is 11.6 Å². The number of halogens is 1. The zero-order chi connectivity index (χ0) is 7.02. The van der Waals surface area contributed by atoms with Crippen molar-refractivity contribution in [3.8, 4) is 0 Å². The highest BCUT2D eigenvalue weighted by atomic mass is 35.5. The molecule has 0 spiro atoms. The van der Waals surface area contributed by atoms with Crippen molar-refractivity contribution in [1.82, 2.24) is 0 Å². The van der Waals surface area contributed by atoms with Gasteiger partial charge in [-0.05, 0) is 11.8 Å². The van der Waals surface area contributed by atoms with Gasteiger partial charge in [0, 0.05) is 11.3 Å². The molecule has 2 heteroatoms. The van der Waals surface area contributed by atoms with Gasteiger partial charge in [-0.1, -0.05) is 13.8 Å². The highest BCUT2D eigenvalue weighted by Gasteiger charge is 2.50. The van der Waals surface area contributed by atoms with Crippen molar-refractivity contribution in [2.24, 2.45) is 17.8 Å². The van der Waals surface area contributed by atoms with Crippen molar-refractivity contribution in [3.05, 3.63) is 0 Å². The van der Waals surface area contributed by atoms with E-state index >= 15 is 0 Å². The summed E-state index contributed by atoms with van der Waals surface area (Å²) in [6, 6.07) is 0. The molecule has 1 saturated carbocycles. The van der Waals surface area contributed by atoms with Gasteiger partial charge >= 0.3 is 0 Å². The van der Waals surface area contributed by atoms with Crippen molar-refractivity contribution in [2.75, 3.05) is 0 Å². The molecule has 1 nitrogen and oxygen atoms in total. The summed E-state index contributed by atoms with van der Waals surface area (Å²) in [5, 5.41) is 0.127. The minimum absolute atomic E-state index is 0.127. The van der Waals surface area contributed by atoms with Gasteiger partial charge in [0.15, 0.2) is 0 Å². The number of carbonyl (C=O) groups excluding carboxylic acids is 1. The number of carbonyl (C=O) groups is 1. The lowest BCUT2D eigenvalue weighted by Crippen LogP contribution is -1.93. The summed E-state index contributed by atoms with van der Waals surface area (Å²) >= 11 is 5.78. The van der Waals surface area contributed by atoms with Crippen LogP contribution < -0.4 is 0 Å². The van der Waals surface area contributed by atoms with Crippen LogP contribution in [0, 0.1) is 17.8 Å². The van der Waals surface area contributed by atoms with Crippen LogP contribution in [0.4, 0.5) is 0 Å². The first-order valence-corrected chi connectivity index (χ1v) is 3.71. The average molecular weight is 147 g/mol. The molecule has 9 heavy (non-hydrogen) atoms. The van der Waals surface area contributed by atoms with Gasteiger partial charge in [-0.3, -0.25) is 0 Å². The van der Waals surface area contributed by atoms with Crippen molar-refractivity contribution >= 4 is 17.9 Å². The zero-order valence-electron chi connectivity index (χ0n) is 5.67. The van der Waals surface area contributed by atoms with E-state index in [1.54, 1.807) is 0 Å². The van der Waals surface area contributed by atoms with Gasteiger partial charge in [0.2, 0.25) is 0 Å². The van der Waals surface area contributed by atoms with E-state index in [0.29, 0.717) is 11.8 Å². The standard InChI is InChI=1S/C7H11ClO/c1-4(2)6-5(3-9)7(6)8/h3-7H,1-2H3/t5-,6+,7-/m1/s1. The third-order valence-corrected chi connectivity index (χ3v) is 2.55. The molecule has 1 aliphatic carbocycles. The van der Waals surface area contributed by atoms with Crippen LogP contribution in [0.15, 0.2) is 0 Å². The fraction of sp³-hybridized carbons (Fsp3) is 0.857. The fourth-order valence-corrected chi connectivity index (χ4v) is 1.90. The molecule has 0 heterocycles. The van der Waals surface area contributed by atoms with Crippen molar-refractivity contribution in [2.45, 2.75) is 19.2 Å². The van der Waals surface area contributed by atoms with E-state index in [0.717, 1.165) is 6.29 Å². The lowest BCUT2D eigenvalue weighted by molar-refractivity contribution is -0.109. The second kappa shape index (κ2) is 2.30. The Morgan fingerprint density at radius 2 is 2.11 bits per heavy atom. The van der Waals surface area contributed by atoms with E-state index in [1.165, 1.54) is 0 Å². The molecule has 1 fully saturated rings. The van der Waals surface area contributed by atoms with Gasteiger partial charge in [0.05, 0.1) is 0 Å². The van der Waals surface area contributed by atoms with Gasteiger partial charge in [0.25, 0.3) is 0 Å². The van der Waals surface area contributed by atoms with Crippen LogP contribution in [0.3, 0.4) is 0 Å². The molecule has 0 N–H and O–H groups in total. The first kappa shape index (κ1) is 7.07. The van der Waals surface area contributed by atoms with E-state index in [1.807, 2.05) is 0 Å². The van der Waals surface area contributed by atoms with Crippen molar-refractivity contribution in [3.63, 3.8) is 0 Å². The van der Waals surface area contributed by atoms with E-state index in [9.17, 15) is 4.79 Å². The van der Waals surface area contributed by atoms with Gasteiger partial charge in [-0.15, -0.1) is 11.6 Å². The lowest BCUT2D eigenvalue weighted by Gasteiger charge is -1.97. The molecule has 0 aromatic carbocycles. The Kier molecular flexibility index (Phi) is 1.80. The Hall–Kier alpha value is -0.0400. The molecule has 52 valence electrons. The van der Waals surface area contributed by atoms with Crippen LogP contribution >= 0.6 is 11.6 Å².